The van der Waals surface area contributed by atoms with Crippen molar-refractivity contribution >= 4 is 11.8 Å². The number of nitrogens with zero attached hydrogens (tertiary/aromatic N) is 4. The predicted molar refractivity (Wildman–Crippen MR) is 131 cm³/mol. The lowest BCUT2D eigenvalue weighted by molar-refractivity contribution is 0.203. The van der Waals surface area contributed by atoms with Gasteiger partial charge in [0.15, 0.2) is 11.6 Å². The molecule has 5 rings (SSSR count). The van der Waals surface area contributed by atoms with Gasteiger partial charge in [-0.25, -0.2) is 14.2 Å². The fraction of sp³-hybridized carbons (Fsp3) is 0.423. The molecule has 8 nitrogen and oxygen atoms in total. The van der Waals surface area contributed by atoms with Crippen molar-refractivity contribution in [1.29, 1.82) is 0 Å². The van der Waals surface area contributed by atoms with E-state index in [9.17, 15) is 9.18 Å². The number of hydrogen-bond donors (Lipinski definition) is 2. The number of likely N-dealkylation sites (tertiary alicyclic amines) is 1. The van der Waals surface area contributed by atoms with E-state index >= 15 is 0 Å². The maximum Gasteiger partial charge on any atom is 0.317 e. The first-order valence-corrected chi connectivity index (χ1v) is 12.1. The third-order valence-electron chi connectivity index (χ3n) is 7.00. The van der Waals surface area contributed by atoms with E-state index in [1.165, 1.54) is 12.1 Å². The summed E-state index contributed by atoms with van der Waals surface area (Å²) in [6.07, 6.45) is 3.27. The number of benzene rings is 1. The van der Waals surface area contributed by atoms with Crippen LogP contribution in [0.3, 0.4) is 0 Å². The van der Waals surface area contributed by atoms with Crippen molar-refractivity contribution in [2.45, 2.75) is 57.7 Å². The fourth-order valence-electron chi connectivity index (χ4n) is 5.08. The highest BCUT2D eigenvalue weighted by Gasteiger charge is 2.47. The lowest BCUT2D eigenvalue weighted by Crippen LogP contribution is -2.43. The number of hydrogen-bond acceptors (Lipinski definition) is 5. The summed E-state index contributed by atoms with van der Waals surface area (Å²) in [5, 5.41) is 7.84. The summed E-state index contributed by atoms with van der Waals surface area (Å²) in [5.41, 5.74) is 9.64. The van der Waals surface area contributed by atoms with Gasteiger partial charge < -0.3 is 20.7 Å². The second-order valence-corrected chi connectivity index (χ2v) is 9.86. The van der Waals surface area contributed by atoms with Crippen LogP contribution in [-0.4, -0.2) is 44.8 Å². The van der Waals surface area contributed by atoms with Crippen LogP contribution in [0.2, 0.25) is 0 Å². The molecule has 3 N–H and O–H groups in total. The Bertz CT molecular complexity index is 1240. The molecule has 0 saturated carbocycles. The number of carbonyl (C=O) groups is 1. The molecule has 1 fully saturated rings. The second kappa shape index (κ2) is 8.87. The van der Waals surface area contributed by atoms with Gasteiger partial charge in [-0.2, -0.15) is 5.10 Å². The first kappa shape index (κ1) is 23.1. The summed E-state index contributed by atoms with van der Waals surface area (Å²) in [7, 11) is 0. The molecule has 2 aromatic heterocycles. The van der Waals surface area contributed by atoms with Gasteiger partial charge in [0.25, 0.3) is 0 Å². The molecule has 2 aliphatic rings. The van der Waals surface area contributed by atoms with Gasteiger partial charge >= 0.3 is 6.03 Å². The first-order valence-electron chi connectivity index (χ1n) is 12.1. The van der Waals surface area contributed by atoms with E-state index in [1.54, 1.807) is 18.3 Å². The molecule has 1 spiro atoms. The Hall–Kier alpha value is -3.62. The van der Waals surface area contributed by atoms with Crippen LogP contribution in [0.15, 0.2) is 42.6 Å². The topological polar surface area (TPSA) is 98.3 Å². The van der Waals surface area contributed by atoms with Gasteiger partial charge in [0.05, 0.1) is 5.69 Å². The summed E-state index contributed by atoms with van der Waals surface area (Å²) in [6, 6.07) is 10.3. The van der Waals surface area contributed by atoms with E-state index in [1.807, 2.05) is 31.7 Å². The number of fused-ring (bicyclic) bond motifs is 2. The normalized spacial score (nSPS) is 19.9. The van der Waals surface area contributed by atoms with Crippen LogP contribution in [0.25, 0.3) is 11.3 Å². The zero-order chi connectivity index (χ0) is 24.7. The Labute approximate surface area is 204 Å². The number of anilines is 1. The van der Waals surface area contributed by atoms with Gasteiger partial charge in [-0.3, -0.25) is 4.68 Å². The highest BCUT2D eigenvalue weighted by atomic mass is 19.1. The Morgan fingerprint density at radius 1 is 1.17 bits per heavy atom. The lowest BCUT2D eigenvalue weighted by atomic mass is 9.82. The Balaban J connectivity index is 1.36. The average molecular weight is 479 g/mol. The fourth-order valence-corrected chi connectivity index (χ4v) is 5.08. The Morgan fingerprint density at radius 2 is 1.91 bits per heavy atom. The van der Waals surface area contributed by atoms with Crippen LogP contribution in [0.4, 0.5) is 15.0 Å². The highest BCUT2D eigenvalue weighted by molar-refractivity contribution is 5.75. The quantitative estimate of drug-likeness (QED) is 0.571. The molecule has 0 unspecified atom stereocenters. The van der Waals surface area contributed by atoms with Crippen LogP contribution in [-0.2, 0) is 12.0 Å². The van der Waals surface area contributed by atoms with Crippen molar-refractivity contribution in [3.8, 4) is 17.0 Å². The number of halogens is 1. The third-order valence-corrected chi connectivity index (χ3v) is 7.00. The molecule has 2 atom stereocenters. The molecule has 9 heteroatoms. The summed E-state index contributed by atoms with van der Waals surface area (Å²) in [6.45, 7) is 8.08. The maximum atomic E-state index is 13.3. The van der Waals surface area contributed by atoms with Crippen LogP contribution in [0.5, 0.6) is 5.75 Å². The average Bonchev–Trinajstić information content (AvgIpc) is 3.52. The van der Waals surface area contributed by atoms with Crippen molar-refractivity contribution in [1.82, 2.24) is 25.0 Å². The third kappa shape index (κ3) is 4.42. The van der Waals surface area contributed by atoms with Gasteiger partial charge in [0.1, 0.15) is 11.9 Å². The molecule has 2 amide bonds. The highest BCUT2D eigenvalue weighted by Crippen LogP contribution is 2.44. The van der Waals surface area contributed by atoms with E-state index in [0.717, 1.165) is 48.4 Å². The van der Waals surface area contributed by atoms with Gasteiger partial charge in [-0.05, 0) is 63.4 Å². The maximum absolute atomic E-state index is 13.3. The molecule has 0 radical (unpaired) electrons. The SMILES string of the molecule is CC(C)NC(=O)N1CC[C@@]2(CCn3nc(-c4cnc(N)c(O[C@H](C)c5ccc(F)cc5)c4)cc32)C1. The molecule has 3 aromatic rings. The molecular weight excluding hydrogens is 447 g/mol. The summed E-state index contributed by atoms with van der Waals surface area (Å²) in [4.78, 5) is 18.8. The van der Waals surface area contributed by atoms with E-state index < -0.39 is 0 Å². The van der Waals surface area contributed by atoms with Crippen molar-refractivity contribution in [3.05, 3.63) is 59.7 Å². The Kier molecular flexibility index (Phi) is 5.86. The molecule has 4 heterocycles. The first-order chi connectivity index (χ1) is 16.7. The number of aryl methyl sites for hydroxylation is 1. The summed E-state index contributed by atoms with van der Waals surface area (Å²) >= 11 is 0. The smallest absolute Gasteiger partial charge is 0.317 e. The number of ether oxygens (including phenoxy) is 1. The van der Waals surface area contributed by atoms with Gasteiger partial charge in [-0.1, -0.05) is 12.1 Å². The predicted octanol–water partition coefficient (Wildman–Crippen LogP) is 4.27. The largest absolute Gasteiger partial charge is 0.482 e. The molecule has 0 aliphatic carbocycles. The molecule has 35 heavy (non-hydrogen) atoms. The minimum Gasteiger partial charge on any atom is -0.482 e. The monoisotopic (exact) mass is 478 g/mol. The minimum absolute atomic E-state index is 0.00476. The molecule has 184 valence electrons. The van der Waals surface area contributed by atoms with E-state index in [-0.39, 0.29) is 35.2 Å². The zero-order valence-electron chi connectivity index (χ0n) is 20.3. The van der Waals surface area contributed by atoms with Crippen molar-refractivity contribution in [2.24, 2.45) is 0 Å². The molecule has 2 aliphatic heterocycles. The van der Waals surface area contributed by atoms with Crippen LogP contribution in [0.1, 0.15) is 51.0 Å². The molecular formula is C26H31FN6O2. The van der Waals surface area contributed by atoms with E-state index in [0.29, 0.717) is 12.3 Å². The number of amides is 2. The number of pyridine rings is 1. The lowest BCUT2D eigenvalue weighted by Gasteiger charge is -2.24. The second-order valence-electron chi connectivity index (χ2n) is 9.86. The van der Waals surface area contributed by atoms with Crippen LogP contribution < -0.4 is 15.8 Å². The Morgan fingerprint density at radius 3 is 2.66 bits per heavy atom. The van der Waals surface area contributed by atoms with Gasteiger partial charge in [0, 0.05) is 48.5 Å². The van der Waals surface area contributed by atoms with Crippen LogP contribution in [0, 0.1) is 5.82 Å². The number of aromatic nitrogens is 3. The summed E-state index contributed by atoms with van der Waals surface area (Å²) < 4.78 is 21.4. The van der Waals surface area contributed by atoms with Gasteiger partial charge in [0.2, 0.25) is 0 Å². The zero-order valence-corrected chi connectivity index (χ0v) is 20.3. The van der Waals surface area contributed by atoms with Crippen molar-refractivity contribution < 1.29 is 13.9 Å². The molecule has 0 bridgehead atoms. The van der Waals surface area contributed by atoms with E-state index in [2.05, 4.69) is 21.0 Å². The number of nitrogen functional groups attached to an aromatic ring is 1. The van der Waals surface area contributed by atoms with Gasteiger partial charge in [-0.15, -0.1) is 0 Å². The van der Waals surface area contributed by atoms with Crippen molar-refractivity contribution in [2.75, 3.05) is 18.8 Å². The number of urea groups is 1. The number of carbonyl (C=O) groups excluding carboxylic acids is 1. The standard InChI is InChI=1S/C26H31FN6O2/c1-16(2)30-25(34)32-10-8-26(15-32)9-11-33-23(26)13-21(31-33)19-12-22(24(28)29-14-19)35-17(3)18-4-6-20(27)7-5-18/h4-7,12-14,16-17H,8-11,15H2,1-3H3,(H2,28,29)(H,30,34)/t17-,26-/m1/s1. The number of rotatable bonds is 5. The van der Waals surface area contributed by atoms with E-state index in [4.69, 9.17) is 15.6 Å². The van der Waals surface area contributed by atoms with Crippen molar-refractivity contribution in [3.63, 3.8) is 0 Å². The minimum atomic E-state index is -0.327. The molecule has 1 aromatic carbocycles. The molecule has 1 saturated heterocycles. The summed E-state index contributed by atoms with van der Waals surface area (Å²) in [5.74, 6) is 0.453. The van der Waals surface area contributed by atoms with Crippen LogP contribution >= 0.6 is 0 Å². The number of nitrogens with one attached hydrogen (secondary N) is 1. The number of nitrogens with two attached hydrogens (primary N) is 1.